The van der Waals surface area contributed by atoms with Crippen molar-refractivity contribution in [2.75, 3.05) is 5.73 Å². The van der Waals surface area contributed by atoms with Crippen molar-refractivity contribution in [3.05, 3.63) is 65.5 Å². The Bertz CT molecular complexity index is 880. The minimum absolute atomic E-state index is 0.0438. The fourth-order valence-corrected chi connectivity index (χ4v) is 2.65. The molecule has 0 unspecified atom stereocenters. The molecular formula is C17H13F4N3O2. The van der Waals surface area contributed by atoms with Crippen molar-refractivity contribution in [1.82, 2.24) is 5.01 Å². The van der Waals surface area contributed by atoms with Gasteiger partial charge in [-0.05, 0) is 30.3 Å². The van der Waals surface area contributed by atoms with Gasteiger partial charge in [0.25, 0.3) is 5.91 Å². The van der Waals surface area contributed by atoms with Gasteiger partial charge in [0.15, 0.2) is 5.72 Å². The van der Waals surface area contributed by atoms with Gasteiger partial charge in [0.2, 0.25) is 0 Å². The molecule has 3 N–H and O–H groups in total. The highest BCUT2D eigenvalue weighted by atomic mass is 19.4. The molecule has 0 fully saturated rings. The molecule has 0 spiro atoms. The molecule has 1 atom stereocenters. The van der Waals surface area contributed by atoms with Gasteiger partial charge in [-0.3, -0.25) is 4.79 Å². The van der Waals surface area contributed by atoms with E-state index < -0.39 is 35.8 Å². The lowest BCUT2D eigenvalue weighted by Gasteiger charge is -2.31. The van der Waals surface area contributed by atoms with Crippen LogP contribution >= 0.6 is 0 Å². The maximum Gasteiger partial charge on any atom is 0.431 e. The number of hydrogen-bond donors (Lipinski definition) is 2. The van der Waals surface area contributed by atoms with Crippen molar-refractivity contribution < 1.29 is 27.5 Å². The first kappa shape index (κ1) is 17.9. The lowest BCUT2D eigenvalue weighted by molar-refractivity contribution is -0.0816. The molecule has 1 amide bonds. The summed E-state index contributed by atoms with van der Waals surface area (Å²) in [6, 6.07) is 9.69. The zero-order valence-electron chi connectivity index (χ0n) is 13.2. The number of alkyl halides is 3. The number of halogens is 4. The SMILES string of the molecule is Nc1cccc(C(=O)N2N=C(C(F)(F)F)C[C@@]2(O)c2ccc(F)cc2)c1. The second-order valence-electron chi connectivity index (χ2n) is 5.79. The number of rotatable bonds is 2. The van der Waals surface area contributed by atoms with E-state index in [4.69, 9.17) is 5.73 Å². The van der Waals surface area contributed by atoms with Gasteiger partial charge in [-0.1, -0.05) is 18.2 Å². The Labute approximate surface area is 145 Å². The number of hydrazone groups is 1. The summed E-state index contributed by atoms with van der Waals surface area (Å²) in [5, 5.41) is 14.6. The quantitative estimate of drug-likeness (QED) is 0.633. The van der Waals surface area contributed by atoms with Crippen molar-refractivity contribution in [1.29, 1.82) is 0 Å². The zero-order valence-corrected chi connectivity index (χ0v) is 13.2. The Morgan fingerprint density at radius 2 is 1.85 bits per heavy atom. The van der Waals surface area contributed by atoms with Crippen LogP contribution in [0.15, 0.2) is 53.6 Å². The summed E-state index contributed by atoms with van der Waals surface area (Å²) in [5.74, 6) is -1.61. The summed E-state index contributed by atoms with van der Waals surface area (Å²) >= 11 is 0. The highest BCUT2D eigenvalue weighted by Crippen LogP contribution is 2.40. The van der Waals surface area contributed by atoms with E-state index in [1.807, 2.05) is 0 Å². The minimum Gasteiger partial charge on any atom is -0.399 e. The average molecular weight is 367 g/mol. The molecular weight excluding hydrogens is 354 g/mol. The van der Waals surface area contributed by atoms with Crippen molar-refractivity contribution in [3.63, 3.8) is 0 Å². The number of nitrogen functional groups attached to an aromatic ring is 1. The topological polar surface area (TPSA) is 78.9 Å². The van der Waals surface area contributed by atoms with Crippen LogP contribution in [0.2, 0.25) is 0 Å². The van der Waals surface area contributed by atoms with Gasteiger partial charge in [0, 0.05) is 16.8 Å². The fourth-order valence-electron chi connectivity index (χ4n) is 2.65. The van der Waals surface area contributed by atoms with Crippen LogP contribution in [0.3, 0.4) is 0 Å². The molecule has 1 heterocycles. The Morgan fingerprint density at radius 1 is 1.19 bits per heavy atom. The van der Waals surface area contributed by atoms with E-state index in [-0.39, 0.29) is 16.8 Å². The number of nitrogens with two attached hydrogens (primary N) is 1. The largest absolute Gasteiger partial charge is 0.431 e. The van der Waals surface area contributed by atoms with E-state index in [1.54, 1.807) is 0 Å². The predicted molar refractivity (Wildman–Crippen MR) is 85.4 cm³/mol. The first-order chi connectivity index (χ1) is 12.1. The predicted octanol–water partition coefficient (Wildman–Crippen LogP) is 3.02. The van der Waals surface area contributed by atoms with Crippen LogP contribution in [0.4, 0.5) is 23.2 Å². The van der Waals surface area contributed by atoms with Gasteiger partial charge >= 0.3 is 6.18 Å². The number of anilines is 1. The Hall–Kier alpha value is -2.94. The molecule has 26 heavy (non-hydrogen) atoms. The van der Waals surface area contributed by atoms with E-state index >= 15 is 0 Å². The molecule has 0 aromatic heterocycles. The van der Waals surface area contributed by atoms with Crippen LogP contribution in [0.5, 0.6) is 0 Å². The Kier molecular flexibility index (Phi) is 4.19. The number of nitrogens with zero attached hydrogens (tertiary/aromatic N) is 2. The fraction of sp³-hybridized carbons (Fsp3) is 0.176. The number of amides is 1. The van der Waals surface area contributed by atoms with Crippen LogP contribution in [0.25, 0.3) is 0 Å². The van der Waals surface area contributed by atoms with E-state index in [0.29, 0.717) is 5.01 Å². The summed E-state index contributed by atoms with van der Waals surface area (Å²) in [7, 11) is 0. The van der Waals surface area contributed by atoms with Gasteiger partial charge in [-0.2, -0.15) is 23.3 Å². The van der Waals surface area contributed by atoms with Crippen molar-refractivity contribution >= 4 is 17.3 Å². The second kappa shape index (κ2) is 6.10. The summed E-state index contributed by atoms with van der Waals surface area (Å²) < 4.78 is 52.5. The number of aliphatic hydroxyl groups is 1. The first-order valence-corrected chi connectivity index (χ1v) is 7.44. The van der Waals surface area contributed by atoms with Crippen molar-refractivity contribution in [2.24, 2.45) is 5.10 Å². The standard InChI is InChI=1S/C17H13F4N3O2/c18-12-6-4-11(5-7-12)16(26)9-14(17(19,20)21)23-24(16)15(25)10-2-1-3-13(22)8-10/h1-8,26H,9,22H2/t16-/m1/s1. The Balaban J connectivity index is 2.08. The van der Waals surface area contributed by atoms with Gasteiger partial charge in [0.05, 0.1) is 6.42 Å². The molecule has 136 valence electrons. The van der Waals surface area contributed by atoms with Crippen LogP contribution < -0.4 is 5.73 Å². The van der Waals surface area contributed by atoms with Crippen molar-refractivity contribution in [2.45, 2.75) is 18.3 Å². The third kappa shape index (κ3) is 3.13. The van der Waals surface area contributed by atoms with Crippen LogP contribution in [-0.2, 0) is 5.72 Å². The highest BCUT2D eigenvalue weighted by Gasteiger charge is 2.53. The van der Waals surface area contributed by atoms with Gasteiger partial charge in [0.1, 0.15) is 11.5 Å². The van der Waals surface area contributed by atoms with Gasteiger partial charge < -0.3 is 10.8 Å². The van der Waals surface area contributed by atoms with E-state index in [1.165, 1.54) is 24.3 Å². The molecule has 9 heteroatoms. The van der Waals surface area contributed by atoms with E-state index in [2.05, 4.69) is 5.10 Å². The van der Waals surface area contributed by atoms with Gasteiger partial charge in [-0.15, -0.1) is 0 Å². The average Bonchev–Trinajstić information content (AvgIpc) is 2.94. The third-order valence-corrected chi connectivity index (χ3v) is 3.94. The molecule has 5 nitrogen and oxygen atoms in total. The molecule has 0 radical (unpaired) electrons. The molecule has 0 saturated heterocycles. The van der Waals surface area contributed by atoms with Crippen molar-refractivity contribution in [3.8, 4) is 0 Å². The highest BCUT2D eigenvalue weighted by molar-refractivity contribution is 6.00. The van der Waals surface area contributed by atoms with E-state index in [0.717, 1.165) is 24.3 Å². The summed E-state index contributed by atoms with van der Waals surface area (Å²) in [6.45, 7) is 0. The number of benzene rings is 2. The smallest absolute Gasteiger partial charge is 0.399 e. The number of carbonyl (C=O) groups is 1. The minimum atomic E-state index is -4.83. The van der Waals surface area contributed by atoms with E-state index in [9.17, 15) is 27.5 Å². The molecule has 0 bridgehead atoms. The summed E-state index contributed by atoms with van der Waals surface area (Å²) in [6.07, 6.45) is -5.81. The second-order valence-corrected chi connectivity index (χ2v) is 5.79. The number of carbonyl (C=O) groups excluding carboxylic acids is 1. The summed E-state index contributed by atoms with van der Waals surface area (Å²) in [5.41, 5.74) is 1.96. The molecule has 2 aromatic carbocycles. The monoisotopic (exact) mass is 367 g/mol. The maximum absolute atomic E-state index is 13.1. The normalized spacial score (nSPS) is 20.2. The lowest BCUT2D eigenvalue weighted by atomic mass is 9.96. The summed E-state index contributed by atoms with van der Waals surface area (Å²) in [4.78, 5) is 12.7. The van der Waals surface area contributed by atoms with Gasteiger partial charge in [-0.25, -0.2) is 4.39 Å². The molecule has 1 aliphatic heterocycles. The maximum atomic E-state index is 13.1. The Morgan fingerprint density at radius 3 is 2.42 bits per heavy atom. The molecule has 2 aromatic rings. The zero-order chi connectivity index (χ0) is 19.1. The molecule has 3 rings (SSSR count). The third-order valence-electron chi connectivity index (χ3n) is 3.94. The molecule has 0 aliphatic carbocycles. The lowest BCUT2D eigenvalue weighted by Crippen LogP contribution is -2.43. The number of hydrogen-bond acceptors (Lipinski definition) is 4. The van der Waals surface area contributed by atoms with Crippen LogP contribution in [-0.4, -0.2) is 27.9 Å². The van der Waals surface area contributed by atoms with Crippen LogP contribution in [0.1, 0.15) is 22.3 Å². The molecule has 0 saturated carbocycles. The first-order valence-electron chi connectivity index (χ1n) is 7.44. The molecule has 1 aliphatic rings. The van der Waals surface area contributed by atoms with Crippen LogP contribution in [0, 0.1) is 5.82 Å².